The van der Waals surface area contributed by atoms with E-state index in [1.54, 1.807) is 0 Å². The molecular formula is C11H9FO4S. The van der Waals surface area contributed by atoms with E-state index in [-0.39, 0.29) is 23.0 Å². The summed E-state index contributed by atoms with van der Waals surface area (Å²) >= 11 is 0. The minimum absolute atomic E-state index is 0.0647. The van der Waals surface area contributed by atoms with Gasteiger partial charge < -0.3 is 4.74 Å². The Morgan fingerprint density at radius 1 is 1.35 bits per heavy atom. The molecule has 0 saturated carbocycles. The van der Waals surface area contributed by atoms with Crippen molar-refractivity contribution in [2.45, 2.75) is 4.90 Å². The van der Waals surface area contributed by atoms with Gasteiger partial charge >= 0.3 is 0 Å². The molecule has 0 bridgehead atoms. The van der Waals surface area contributed by atoms with Crippen molar-refractivity contribution in [1.82, 2.24) is 0 Å². The molecule has 1 aliphatic heterocycles. The zero-order valence-electron chi connectivity index (χ0n) is 8.94. The lowest BCUT2D eigenvalue weighted by atomic mass is 10.2. The van der Waals surface area contributed by atoms with Crippen LogP contribution < -0.4 is 0 Å². The van der Waals surface area contributed by atoms with Gasteiger partial charge in [-0.2, -0.15) is 0 Å². The molecular weight excluding hydrogens is 247 g/mol. The number of sulfone groups is 1. The Labute approximate surface area is 97.6 Å². The predicted octanol–water partition coefficient (Wildman–Crippen LogP) is 1.17. The van der Waals surface area contributed by atoms with Crippen molar-refractivity contribution < 1.29 is 22.3 Å². The van der Waals surface area contributed by atoms with Gasteiger partial charge in [0, 0.05) is 17.9 Å². The van der Waals surface area contributed by atoms with E-state index in [1.807, 2.05) is 0 Å². The first-order valence-electron chi connectivity index (χ1n) is 4.75. The maximum Gasteiger partial charge on any atom is 0.196 e. The fourth-order valence-corrected chi connectivity index (χ4v) is 2.23. The third-order valence-corrected chi connectivity index (χ3v) is 3.41. The molecule has 0 fully saturated rings. The van der Waals surface area contributed by atoms with Crippen LogP contribution in [0.2, 0.25) is 0 Å². The van der Waals surface area contributed by atoms with Crippen LogP contribution in [0, 0.1) is 5.82 Å². The smallest absolute Gasteiger partial charge is 0.196 e. The molecule has 17 heavy (non-hydrogen) atoms. The van der Waals surface area contributed by atoms with Gasteiger partial charge in [0.15, 0.2) is 22.2 Å². The molecule has 0 spiro atoms. The first kappa shape index (κ1) is 11.8. The van der Waals surface area contributed by atoms with E-state index in [0.29, 0.717) is 5.56 Å². The quantitative estimate of drug-likeness (QED) is 0.797. The van der Waals surface area contributed by atoms with Crippen molar-refractivity contribution in [3.8, 4) is 0 Å². The molecule has 1 aliphatic rings. The number of halogens is 1. The fourth-order valence-electron chi connectivity index (χ4n) is 1.50. The van der Waals surface area contributed by atoms with Gasteiger partial charge in [-0.3, -0.25) is 4.79 Å². The van der Waals surface area contributed by atoms with Gasteiger partial charge in [-0.1, -0.05) is 0 Å². The van der Waals surface area contributed by atoms with E-state index in [1.165, 1.54) is 12.1 Å². The van der Waals surface area contributed by atoms with Gasteiger partial charge in [0.25, 0.3) is 0 Å². The lowest BCUT2D eigenvalue weighted by molar-refractivity contribution is -0.115. The molecule has 0 saturated heterocycles. The van der Waals surface area contributed by atoms with E-state index in [4.69, 9.17) is 4.74 Å². The number of benzene rings is 1. The van der Waals surface area contributed by atoms with Crippen molar-refractivity contribution in [3.05, 3.63) is 35.7 Å². The summed E-state index contributed by atoms with van der Waals surface area (Å²) in [5, 5.41) is 0. The molecule has 2 rings (SSSR count). The lowest BCUT2D eigenvalue weighted by Gasteiger charge is -2.05. The molecule has 1 heterocycles. The Morgan fingerprint density at radius 2 is 2.06 bits per heavy atom. The molecule has 1 aromatic carbocycles. The summed E-state index contributed by atoms with van der Waals surface area (Å²) < 4.78 is 41.0. The second-order valence-electron chi connectivity index (χ2n) is 3.68. The highest BCUT2D eigenvalue weighted by Gasteiger charge is 2.18. The molecule has 0 amide bonds. The number of ether oxygens (including phenoxy) is 1. The normalized spacial score (nSPS) is 15.6. The minimum atomic E-state index is -3.59. The van der Waals surface area contributed by atoms with Crippen molar-refractivity contribution in [2.75, 3.05) is 12.9 Å². The number of hydrogen-bond acceptors (Lipinski definition) is 4. The minimum Gasteiger partial charge on any atom is -0.485 e. The molecule has 90 valence electrons. The Morgan fingerprint density at radius 3 is 2.53 bits per heavy atom. The molecule has 0 aromatic heterocycles. The van der Waals surface area contributed by atoms with Crippen LogP contribution in [0.4, 0.5) is 4.39 Å². The number of carbonyl (C=O) groups is 1. The Hall–Kier alpha value is -1.69. The predicted molar refractivity (Wildman–Crippen MR) is 58.4 cm³/mol. The summed E-state index contributed by atoms with van der Waals surface area (Å²) in [5.41, 5.74) is 0.348. The summed E-state index contributed by atoms with van der Waals surface area (Å²) in [6.45, 7) is -0.0647. The summed E-state index contributed by atoms with van der Waals surface area (Å²) in [7, 11) is -3.59. The Kier molecular flexibility index (Phi) is 2.74. The first-order chi connectivity index (χ1) is 7.88. The van der Waals surface area contributed by atoms with Crippen LogP contribution in [-0.4, -0.2) is 27.1 Å². The van der Waals surface area contributed by atoms with Crippen LogP contribution in [0.25, 0.3) is 5.76 Å². The van der Waals surface area contributed by atoms with Crippen LogP contribution in [0.15, 0.2) is 29.2 Å². The third-order valence-electron chi connectivity index (χ3n) is 2.28. The second kappa shape index (κ2) is 3.96. The van der Waals surface area contributed by atoms with Gasteiger partial charge in [-0.25, -0.2) is 12.8 Å². The van der Waals surface area contributed by atoms with Gasteiger partial charge in [-0.15, -0.1) is 0 Å². The molecule has 0 aliphatic carbocycles. The van der Waals surface area contributed by atoms with Crippen LogP contribution in [-0.2, 0) is 19.4 Å². The number of hydrogen-bond donors (Lipinski definition) is 0. The monoisotopic (exact) mass is 256 g/mol. The van der Waals surface area contributed by atoms with E-state index in [9.17, 15) is 17.6 Å². The zero-order chi connectivity index (χ0) is 12.6. The Balaban J connectivity index is 2.45. The topological polar surface area (TPSA) is 60.4 Å². The standard InChI is InChI=1S/C11H9FO4S/c1-17(14,15)11-3-2-7(4-9(11)12)10-5-8(13)6-16-10/h2-5H,6H2,1H3. The Bertz CT molecular complexity index is 616. The van der Waals surface area contributed by atoms with Crippen molar-refractivity contribution in [2.24, 2.45) is 0 Å². The van der Waals surface area contributed by atoms with Crippen LogP contribution in [0.3, 0.4) is 0 Å². The highest BCUT2D eigenvalue weighted by molar-refractivity contribution is 7.90. The van der Waals surface area contributed by atoms with Crippen molar-refractivity contribution in [1.29, 1.82) is 0 Å². The van der Waals surface area contributed by atoms with E-state index in [0.717, 1.165) is 18.4 Å². The first-order valence-corrected chi connectivity index (χ1v) is 6.64. The van der Waals surface area contributed by atoms with Gasteiger partial charge in [-0.05, 0) is 18.2 Å². The van der Waals surface area contributed by atoms with E-state index in [2.05, 4.69) is 0 Å². The summed E-state index contributed by atoms with van der Waals surface area (Å²) in [6, 6.07) is 3.61. The van der Waals surface area contributed by atoms with Crippen LogP contribution >= 0.6 is 0 Å². The van der Waals surface area contributed by atoms with Crippen molar-refractivity contribution in [3.63, 3.8) is 0 Å². The highest BCUT2D eigenvalue weighted by Crippen LogP contribution is 2.24. The number of ketones is 1. The number of carbonyl (C=O) groups excluding carboxylic acids is 1. The van der Waals surface area contributed by atoms with Gasteiger partial charge in [0.05, 0.1) is 0 Å². The fraction of sp³-hybridized carbons (Fsp3) is 0.182. The second-order valence-corrected chi connectivity index (χ2v) is 5.67. The molecule has 1 aromatic rings. The average Bonchev–Trinajstić information content (AvgIpc) is 2.62. The molecule has 0 radical (unpaired) electrons. The maximum atomic E-state index is 13.5. The van der Waals surface area contributed by atoms with Gasteiger partial charge in [0.1, 0.15) is 16.5 Å². The van der Waals surface area contributed by atoms with Crippen LogP contribution in [0.5, 0.6) is 0 Å². The summed E-state index contributed by atoms with van der Waals surface area (Å²) in [6.07, 6.45) is 2.19. The highest BCUT2D eigenvalue weighted by atomic mass is 32.2. The average molecular weight is 256 g/mol. The molecule has 0 N–H and O–H groups in total. The zero-order valence-corrected chi connectivity index (χ0v) is 9.75. The van der Waals surface area contributed by atoms with Crippen molar-refractivity contribution >= 4 is 21.4 Å². The lowest BCUT2D eigenvalue weighted by Crippen LogP contribution is -2.01. The van der Waals surface area contributed by atoms with E-state index < -0.39 is 15.7 Å². The SMILES string of the molecule is CS(=O)(=O)c1ccc(C2=CC(=O)CO2)cc1F. The molecule has 4 nitrogen and oxygen atoms in total. The summed E-state index contributed by atoms with van der Waals surface area (Å²) in [5.74, 6) is -0.796. The van der Waals surface area contributed by atoms with Gasteiger partial charge in [0.2, 0.25) is 0 Å². The third kappa shape index (κ3) is 2.36. The van der Waals surface area contributed by atoms with Crippen LogP contribution in [0.1, 0.15) is 5.56 Å². The van der Waals surface area contributed by atoms with E-state index >= 15 is 0 Å². The molecule has 0 atom stereocenters. The molecule has 0 unspecified atom stereocenters. The number of rotatable bonds is 2. The largest absolute Gasteiger partial charge is 0.485 e. The summed E-state index contributed by atoms with van der Waals surface area (Å²) in [4.78, 5) is 10.6. The maximum absolute atomic E-state index is 13.5. The molecule has 6 heteroatoms.